The number of pyridine rings is 1. The molecule has 0 amide bonds. The first-order valence-corrected chi connectivity index (χ1v) is 6.71. The quantitative estimate of drug-likeness (QED) is 0.623. The first-order valence-electron chi connectivity index (χ1n) is 6.71. The first kappa shape index (κ1) is 17.5. The third-order valence-corrected chi connectivity index (χ3v) is 3.56. The van der Waals surface area contributed by atoms with Gasteiger partial charge in [0.1, 0.15) is 5.56 Å². The van der Waals surface area contributed by atoms with E-state index in [1.165, 1.54) is 26.5 Å². The van der Waals surface area contributed by atoms with Crippen molar-refractivity contribution >= 4 is 18.6 Å². The third kappa shape index (κ3) is 4.18. The molecular weight excluding hydrogens is 273 g/mol. The minimum Gasteiger partial charge on any atom is -0.480 e. The van der Waals surface area contributed by atoms with E-state index >= 15 is 0 Å². The summed E-state index contributed by atoms with van der Waals surface area (Å²) in [6.07, 6.45) is 1.41. The van der Waals surface area contributed by atoms with Crippen molar-refractivity contribution in [2.45, 2.75) is 33.3 Å². The smallest absolute Gasteiger partial charge is 0.480 e. The normalized spacial score (nSPS) is 11.4. The van der Waals surface area contributed by atoms with Crippen molar-refractivity contribution in [3.8, 4) is 5.88 Å². The lowest BCUT2D eigenvalue weighted by Gasteiger charge is -2.31. The minimum atomic E-state index is -1.19. The van der Waals surface area contributed by atoms with Crippen molar-refractivity contribution < 1.29 is 23.9 Å². The highest BCUT2D eigenvalue weighted by Gasteiger charge is 2.31. The van der Waals surface area contributed by atoms with Crippen LogP contribution < -0.4 is 10.2 Å². The minimum absolute atomic E-state index is 0.140. The summed E-state index contributed by atoms with van der Waals surface area (Å²) in [5, 5.41) is 10.2. The Labute approximate surface area is 125 Å². The maximum absolute atomic E-state index is 11.7. The van der Waals surface area contributed by atoms with Crippen molar-refractivity contribution in [1.82, 2.24) is 4.98 Å². The van der Waals surface area contributed by atoms with Crippen LogP contribution in [-0.4, -0.2) is 42.9 Å². The second kappa shape index (κ2) is 6.91. The summed E-state index contributed by atoms with van der Waals surface area (Å²) in [4.78, 5) is 15.7. The molecule has 0 aliphatic rings. The van der Waals surface area contributed by atoms with E-state index in [4.69, 9.17) is 9.39 Å². The summed E-state index contributed by atoms with van der Waals surface area (Å²) in [6, 6.07) is 1.46. The average molecular weight is 295 g/mol. The van der Waals surface area contributed by atoms with Gasteiger partial charge in [-0.25, -0.2) is 9.78 Å². The van der Waals surface area contributed by atoms with Crippen LogP contribution in [0.25, 0.3) is 0 Å². The fourth-order valence-electron chi connectivity index (χ4n) is 1.51. The van der Waals surface area contributed by atoms with E-state index in [9.17, 15) is 9.82 Å². The monoisotopic (exact) mass is 295 g/mol. The molecule has 1 heterocycles. The number of ether oxygens (including phenoxy) is 2. The lowest BCUT2D eigenvalue weighted by molar-refractivity contribution is 0.0423. The van der Waals surface area contributed by atoms with Crippen LogP contribution in [0.3, 0.4) is 0 Å². The fraction of sp³-hybridized carbons (Fsp3) is 0.571. The van der Waals surface area contributed by atoms with Crippen molar-refractivity contribution in [3.63, 3.8) is 0 Å². The van der Waals surface area contributed by atoms with Crippen LogP contribution in [0, 0.1) is 5.92 Å². The molecule has 0 aromatic carbocycles. The molecular formula is C14H22BNO5. The number of carbonyl (C=O) groups excluding carboxylic acids is 1. The molecule has 0 spiro atoms. The second-order valence-electron chi connectivity index (χ2n) is 5.55. The van der Waals surface area contributed by atoms with Crippen molar-refractivity contribution in [3.05, 3.63) is 17.8 Å². The Balaban J connectivity index is 3.06. The van der Waals surface area contributed by atoms with E-state index in [2.05, 4.69) is 9.72 Å². The van der Waals surface area contributed by atoms with E-state index in [-0.39, 0.29) is 17.4 Å². The molecule has 7 heteroatoms. The zero-order chi connectivity index (χ0) is 16.2. The van der Waals surface area contributed by atoms with Gasteiger partial charge in [0, 0.05) is 11.7 Å². The Hall–Kier alpha value is -1.60. The molecule has 0 bridgehead atoms. The molecule has 0 aliphatic carbocycles. The van der Waals surface area contributed by atoms with Crippen LogP contribution in [0.4, 0.5) is 0 Å². The number of hydrogen-bond donors (Lipinski definition) is 1. The van der Waals surface area contributed by atoms with Gasteiger partial charge in [-0.2, -0.15) is 0 Å². The predicted molar refractivity (Wildman–Crippen MR) is 79.7 cm³/mol. The van der Waals surface area contributed by atoms with Crippen molar-refractivity contribution in [2.24, 2.45) is 5.92 Å². The Morgan fingerprint density at radius 1 is 1.38 bits per heavy atom. The predicted octanol–water partition coefficient (Wildman–Crippen LogP) is 1.02. The summed E-state index contributed by atoms with van der Waals surface area (Å²) in [6.45, 7) is 7.77. The Kier molecular flexibility index (Phi) is 5.74. The molecule has 6 nitrogen and oxygen atoms in total. The molecule has 21 heavy (non-hydrogen) atoms. The average Bonchev–Trinajstić information content (AvgIpc) is 2.44. The van der Waals surface area contributed by atoms with Gasteiger partial charge in [-0.05, 0) is 25.8 Å². The number of methoxy groups -OCH3 is 2. The van der Waals surface area contributed by atoms with Crippen molar-refractivity contribution in [1.29, 1.82) is 0 Å². The van der Waals surface area contributed by atoms with Gasteiger partial charge in [-0.1, -0.05) is 13.8 Å². The lowest BCUT2D eigenvalue weighted by Crippen LogP contribution is -2.44. The van der Waals surface area contributed by atoms with E-state index in [1.807, 2.05) is 27.7 Å². The van der Waals surface area contributed by atoms with Gasteiger partial charge in [0.25, 0.3) is 0 Å². The Morgan fingerprint density at radius 2 is 2.00 bits per heavy atom. The molecule has 0 aliphatic heterocycles. The highest BCUT2D eigenvalue weighted by molar-refractivity contribution is 6.60. The van der Waals surface area contributed by atoms with E-state index < -0.39 is 18.7 Å². The molecule has 0 atom stereocenters. The van der Waals surface area contributed by atoms with Crippen molar-refractivity contribution in [2.75, 3.05) is 14.2 Å². The SMILES string of the molecule is COC(=O)c1cc(B(O)OC(C)(C)C(C)C)cnc1OC. The lowest BCUT2D eigenvalue weighted by atomic mass is 9.77. The third-order valence-electron chi connectivity index (χ3n) is 3.56. The van der Waals surface area contributed by atoms with Crippen LogP contribution in [0.15, 0.2) is 12.3 Å². The van der Waals surface area contributed by atoms with Gasteiger partial charge in [-0.15, -0.1) is 0 Å². The maximum atomic E-state index is 11.7. The molecule has 1 rings (SSSR count). The Morgan fingerprint density at radius 3 is 2.48 bits per heavy atom. The summed E-state index contributed by atoms with van der Waals surface area (Å²) >= 11 is 0. The van der Waals surface area contributed by atoms with Gasteiger partial charge >= 0.3 is 13.1 Å². The largest absolute Gasteiger partial charge is 0.493 e. The maximum Gasteiger partial charge on any atom is 0.493 e. The van der Waals surface area contributed by atoms with Crippen LogP contribution >= 0.6 is 0 Å². The summed E-state index contributed by atoms with van der Waals surface area (Å²) < 4.78 is 15.3. The second-order valence-corrected chi connectivity index (χ2v) is 5.55. The summed E-state index contributed by atoms with van der Waals surface area (Å²) in [7, 11) is 1.48. The first-order chi connectivity index (χ1) is 9.72. The van der Waals surface area contributed by atoms with E-state index in [1.54, 1.807) is 0 Å². The number of aromatic nitrogens is 1. The highest BCUT2D eigenvalue weighted by Crippen LogP contribution is 2.21. The number of nitrogens with zero attached hydrogens (tertiary/aromatic N) is 1. The Bertz CT molecular complexity index is 504. The van der Waals surface area contributed by atoms with Crippen LogP contribution in [0.2, 0.25) is 0 Å². The summed E-state index contributed by atoms with van der Waals surface area (Å²) in [5.74, 6) is -0.240. The number of carbonyl (C=O) groups is 1. The molecule has 0 saturated heterocycles. The molecule has 1 N–H and O–H groups in total. The highest BCUT2D eigenvalue weighted by atomic mass is 16.5. The number of rotatable bonds is 6. The van der Waals surface area contributed by atoms with Gasteiger partial charge in [0.15, 0.2) is 0 Å². The standard InChI is InChI=1S/C14H22BNO5/c1-9(2)14(3,4)21-15(18)10-7-11(13(17)20-6)12(19-5)16-8-10/h7-9,18H,1-6H3. The fourth-order valence-corrected chi connectivity index (χ4v) is 1.51. The molecule has 0 radical (unpaired) electrons. The number of hydrogen-bond acceptors (Lipinski definition) is 6. The molecule has 0 saturated carbocycles. The topological polar surface area (TPSA) is 77.9 Å². The molecule has 116 valence electrons. The van der Waals surface area contributed by atoms with Gasteiger partial charge in [0.2, 0.25) is 5.88 Å². The van der Waals surface area contributed by atoms with E-state index in [0.29, 0.717) is 5.46 Å². The zero-order valence-electron chi connectivity index (χ0n) is 13.3. The van der Waals surface area contributed by atoms with Gasteiger partial charge in [-0.3, -0.25) is 0 Å². The van der Waals surface area contributed by atoms with Gasteiger partial charge < -0.3 is 19.2 Å². The molecule has 1 aromatic heterocycles. The zero-order valence-corrected chi connectivity index (χ0v) is 13.3. The van der Waals surface area contributed by atoms with Crippen LogP contribution in [0.5, 0.6) is 5.88 Å². The van der Waals surface area contributed by atoms with E-state index in [0.717, 1.165) is 0 Å². The van der Waals surface area contributed by atoms with Crippen LogP contribution in [0.1, 0.15) is 38.1 Å². The van der Waals surface area contributed by atoms with Gasteiger partial charge in [0.05, 0.1) is 19.8 Å². The summed E-state index contributed by atoms with van der Waals surface area (Å²) in [5.41, 5.74) is -0.0162. The van der Waals surface area contributed by atoms with Crippen LogP contribution in [-0.2, 0) is 9.39 Å². The molecule has 0 unspecified atom stereocenters. The molecule has 0 fully saturated rings. The molecule has 1 aromatic rings. The number of esters is 1.